The second-order valence-electron chi connectivity index (χ2n) is 7.55. The summed E-state index contributed by atoms with van der Waals surface area (Å²) >= 11 is 0. The highest BCUT2D eigenvalue weighted by Crippen LogP contribution is 2.37. The average molecular weight is 349 g/mol. The van der Waals surface area contributed by atoms with Gasteiger partial charge in [0.05, 0.1) is 17.3 Å². The van der Waals surface area contributed by atoms with Gasteiger partial charge in [-0.25, -0.2) is 4.99 Å². The fourth-order valence-electron chi connectivity index (χ4n) is 4.11. The van der Waals surface area contributed by atoms with Gasteiger partial charge < -0.3 is 17.2 Å². The summed E-state index contributed by atoms with van der Waals surface area (Å²) in [6.07, 6.45) is 3.26. The van der Waals surface area contributed by atoms with E-state index >= 15 is 0 Å². The third-order valence-corrected chi connectivity index (χ3v) is 5.65. The molecule has 0 radical (unpaired) electrons. The SMILES string of the molecule is NC1=Nc2ccccc2C(N)(Cc2ccc(CN3CCCC3)cc2)C1N. The van der Waals surface area contributed by atoms with Gasteiger partial charge in [-0.3, -0.25) is 4.90 Å². The minimum Gasteiger partial charge on any atom is -0.386 e. The lowest BCUT2D eigenvalue weighted by Gasteiger charge is -2.39. The second kappa shape index (κ2) is 6.83. The zero-order valence-electron chi connectivity index (χ0n) is 15.1. The molecule has 5 heteroatoms. The van der Waals surface area contributed by atoms with Gasteiger partial charge in [-0.1, -0.05) is 42.5 Å². The molecule has 0 aromatic heterocycles. The number of rotatable bonds is 4. The molecule has 6 N–H and O–H groups in total. The van der Waals surface area contributed by atoms with Crippen LogP contribution in [0.25, 0.3) is 0 Å². The van der Waals surface area contributed by atoms with Crippen LogP contribution in [0.2, 0.25) is 0 Å². The van der Waals surface area contributed by atoms with Crippen molar-refractivity contribution in [3.05, 3.63) is 65.2 Å². The molecule has 2 aromatic rings. The molecule has 0 aliphatic carbocycles. The summed E-state index contributed by atoms with van der Waals surface area (Å²) in [4.78, 5) is 6.92. The number of nitrogens with two attached hydrogens (primary N) is 3. The van der Waals surface area contributed by atoms with Crippen molar-refractivity contribution in [3.8, 4) is 0 Å². The maximum Gasteiger partial charge on any atom is 0.119 e. The van der Waals surface area contributed by atoms with E-state index in [4.69, 9.17) is 17.2 Å². The summed E-state index contributed by atoms with van der Waals surface area (Å²) in [5.41, 5.74) is 22.8. The molecule has 2 atom stereocenters. The molecule has 0 bridgehead atoms. The number of nitrogens with zero attached hydrogens (tertiary/aromatic N) is 2. The molecule has 0 amide bonds. The molecule has 1 saturated heterocycles. The van der Waals surface area contributed by atoms with Crippen molar-refractivity contribution < 1.29 is 0 Å². The van der Waals surface area contributed by atoms with Crippen LogP contribution < -0.4 is 17.2 Å². The summed E-state index contributed by atoms with van der Waals surface area (Å²) in [6.45, 7) is 3.44. The Morgan fingerprint density at radius 1 is 1.00 bits per heavy atom. The number of benzene rings is 2. The van der Waals surface area contributed by atoms with Crippen LogP contribution in [-0.4, -0.2) is 29.9 Å². The summed E-state index contributed by atoms with van der Waals surface area (Å²) in [7, 11) is 0. The van der Waals surface area contributed by atoms with Crippen LogP contribution in [0.4, 0.5) is 5.69 Å². The van der Waals surface area contributed by atoms with Crippen LogP contribution in [0.1, 0.15) is 29.5 Å². The van der Waals surface area contributed by atoms with Crippen molar-refractivity contribution in [3.63, 3.8) is 0 Å². The van der Waals surface area contributed by atoms with E-state index in [0.717, 1.165) is 23.4 Å². The van der Waals surface area contributed by atoms with Crippen LogP contribution >= 0.6 is 0 Å². The molecule has 0 spiro atoms. The maximum atomic E-state index is 6.81. The van der Waals surface area contributed by atoms with Gasteiger partial charge in [-0.05, 0) is 49.5 Å². The lowest BCUT2D eigenvalue weighted by atomic mass is 9.76. The first-order valence-electron chi connectivity index (χ1n) is 9.34. The largest absolute Gasteiger partial charge is 0.386 e. The zero-order chi connectivity index (χ0) is 18.1. The molecule has 5 nitrogen and oxygen atoms in total. The van der Waals surface area contributed by atoms with Crippen molar-refractivity contribution in [1.82, 2.24) is 4.90 Å². The minimum absolute atomic E-state index is 0.400. The van der Waals surface area contributed by atoms with E-state index < -0.39 is 11.6 Å². The molecular weight excluding hydrogens is 322 g/mol. The molecule has 2 aromatic carbocycles. The summed E-state index contributed by atoms with van der Waals surface area (Å²) in [5, 5.41) is 0. The Labute approximate surface area is 154 Å². The van der Waals surface area contributed by atoms with Crippen LogP contribution in [0.15, 0.2) is 53.5 Å². The Balaban J connectivity index is 1.56. The van der Waals surface area contributed by atoms with E-state index in [2.05, 4.69) is 34.2 Å². The Hall–Kier alpha value is -2.21. The number of hydrogen-bond acceptors (Lipinski definition) is 5. The standard InChI is InChI=1S/C21H27N5/c22-19-20(23)25-18-6-2-1-5-17(18)21(19,24)13-15-7-9-16(10-8-15)14-26-11-3-4-12-26/h1-2,5-10,19H,3-4,11-14,22,24H2,(H2,23,25). The Morgan fingerprint density at radius 3 is 2.38 bits per heavy atom. The van der Waals surface area contributed by atoms with E-state index in [0.29, 0.717) is 12.3 Å². The van der Waals surface area contributed by atoms with Gasteiger partial charge in [0.15, 0.2) is 0 Å². The molecule has 4 rings (SSSR count). The van der Waals surface area contributed by atoms with E-state index in [9.17, 15) is 0 Å². The van der Waals surface area contributed by atoms with E-state index in [1.165, 1.54) is 31.5 Å². The topological polar surface area (TPSA) is 93.7 Å². The molecule has 2 aliphatic rings. The number of likely N-dealkylation sites (tertiary alicyclic amines) is 1. The summed E-state index contributed by atoms with van der Waals surface area (Å²) < 4.78 is 0. The monoisotopic (exact) mass is 349 g/mol. The summed E-state index contributed by atoms with van der Waals surface area (Å²) in [6, 6.07) is 16.1. The number of para-hydroxylation sites is 1. The van der Waals surface area contributed by atoms with Crippen molar-refractivity contribution in [2.45, 2.75) is 37.4 Å². The Bertz CT molecular complexity index is 807. The first-order chi connectivity index (χ1) is 12.6. The lowest BCUT2D eigenvalue weighted by Crippen LogP contribution is -2.61. The fraction of sp³-hybridized carbons (Fsp3) is 0.381. The molecule has 2 unspecified atom stereocenters. The maximum absolute atomic E-state index is 6.81. The lowest BCUT2D eigenvalue weighted by molar-refractivity contribution is 0.331. The number of aliphatic imine (C=N–C) groups is 1. The number of hydrogen-bond donors (Lipinski definition) is 3. The molecule has 1 fully saturated rings. The quantitative estimate of drug-likeness (QED) is 0.787. The Kier molecular flexibility index (Phi) is 4.53. The first kappa shape index (κ1) is 17.2. The highest BCUT2D eigenvalue weighted by Gasteiger charge is 2.41. The zero-order valence-corrected chi connectivity index (χ0v) is 15.1. The normalized spacial score (nSPS) is 25.8. The first-order valence-corrected chi connectivity index (χ1v) is 9.34. The molecular formula is C21H27N5. The third-order valence-electron chi connectivity index (χ3n) is 5.65. The molecule has 2 heterocycles. The molecule has 2 aliphatic heterocycles. The molecule has 136 valence electrons. The van der Waals surface area contributed by atoms with Crippen LogP contribution in [0.3, 0.4) is 0 Å². The van der Waals surface area contributed by atoms with Gasteiger partial charge in [0.1, 0.15) is 5.84 Å². The van der Waals surface area contributed by atoms with E-state index in [1.54, 1.807) is 0 Å². The van der Waals surface area contributed by atoms with Crippen LogP contribution in [0, 0.1) is 0 Å². The Morgan fingerprint density at radius 2 is 1.65 bits per heavy atom. The van der Waals surface area contributed by atoms with Crippen molar-refractivity contribution in [2.75, 3.05) is 13.1 Å². The fourth-order valence-corrected chi connectivity index (χ4v) is 4.11. The number of amidine groups is 1. The van der Waals surface area contributed by atoms with Gasteiger partial charge in [0.2, 0.25) is 0 Å². The van der Waals surface area contributed by atoms with Gasteiger partial charge in [0.25, 0.3) is 0 Å². The predicted molar refractivity (Wildman–Crippen MR) is 106 cm³/mol. The van der Waals surface area contributed by atoms with Crippen LogP contribution in [-0.2, 0) is 18.5 Å². The average Bonchev–Trinajstić information content (AvgIpc) is 3.15. The second-order valence-corrected chi connectivity index (χ2v) is 7.55. The van der Waals surface area contributed by atoms with Gasteiger partial charge in [0, 0.05) is 12.1 Å². The third kappa shape index (κ3) is 3.14. The van der Waals surface area contributed by atoms with Gasteiger partial charge in [-0.15, -0.1) is 0 Å². The minimum atomic E-state index is -0.751. The highest BCUT2D eigenvalue weighted by molar-refractivity contribution is 5.92. The van der Waals surface area contributed by atoms with E-state index in [1.807, 2.05) is 24.3 Å². The van der Waals surface area contributed by atoms with Gasteiger partial charge >= 0.3 is 0 Å². The highest BCUT2D eigenvalue weighted by atomic mass is 15.1. The summed E-state index contributed by atoms with van der Waals surface area (Å²) in [5.74, 6) is 0.400. The van der Waals surface area contributed by atoms with Gasteiger partial charge in [-0.2, -0.15) is 0 Å². The van der Waals surface area contributed by atoms with Crippen molar-refractivity contribution in [1.29, 1.82) is 0 Å². The molecule has 26 heavy (non-hydrogen) atoms. The van der Waals surface area contributed by atoms with Crippen LogP contribution in [0.5, 0.6) is 0 Å². The van der Waals surface area contributed by atoms with E-state index in [-0.39, 0.29) is 0 Å². The van der Waals surface area contributed by atoms with Crippen molar-refractivity contribution >= 4 is 11.5 Å². The van der Waals surface area contributed by atoms with Crippen molar-refractivity contribution in [2.24, 2.45) is 22.2 Å². The predicted octanol–water partition coefficient (Wildman–Crippen LogP) is 2.01. The smallest absolute Gasteiger partial charge is 0.119 e. The number of fused-ring (bicyclic) bond motifs is 1. The molecule has 0 saturated carbocycles.